The van der Waals surface area contributed by atoms with Crippen molar-refractivity contribution in [1.82, 2.24) is 0 Å². The summed E-state index contributed by atoms with van der Waals surface area (Å²) in [4.78, 5) is 11.9. The van der Waals surface area contributed by atoms with E-state index < -0.39 is 0 Å². The van der Waals surface area contributed by atoms with Crippen molar-refractivity contribution in [1.29, 1.82) is 0 Å². The quantitative estimate of drug-likeness (QED) is 0.901. The van der Waals surface area contributed by atoms with Crippen molar-refractivity contribution in [2.24, 2.45) is 0 Å². The number of aryl methyl sites for hydroxylation is 1. The Morgan fingerprint density at radius 1 is 1.33 bits per heavy atom. The first kappa shape index (κ1) is 12.4. The van der Waals surface area contributed by atoms with Gasteiger partial charge < -0.3 is 19.0 Å². The standard InChI is InChI=1S/C13H14O5/c1-7-4-9(14)12-11(18-7)5-10(17-3)8(6-16-2)13(12)15/h4-5,15H,6H2,1-3H3. The van der Waals surface area contributed by atoms with Crippen LogP contribution in [-0.4, -0.2) is 19.3 Å². The van der Waals surface area contributed by atoms with Crippen LogP contribution >= 0.6 is 0 Å². The number of hydrogen-bond donors (Lipinski definition) is 1. The van der Waals surface area contributed by atoms with Crippen molar-refractivity contribution in [2.45, 2.75) is 13.5 Å². The van der Waals surface area contributed by atoms with E-state index >= 15 is 0 Å². The van der Waals surface area contributed by atoms with Crippen LogP contribution in [0.4, 0.5) is 0 Å². The highest BCUT2D eigenvalue weighted by atomic mass is 16.5. The van der Waals surface area contributed by atoms with E-state index in [0.717, 1.165) is 0 Å². The van der Waals surface area contributed by atoms with Gasteiger partial charge in [-0.15, -0.1) is 0 Å². The van der Waals surface area contributed by atoms with E-state index in [1.54, 1.807) is 13.0 Å². The number of fused-ring (bicyclic) bond motifs is 1. The Bertz CT molecular complexity index is 642. The fourth-order valence-electron chi connectivity index (χ4n) is 1.91. The lowest BCUT2D eigenvalue weighted by atomic mass is 10.1. The van der Waals surface area contributed by atoms with E-state index in [1.165, 1.54) is 20.3 Å². The number of phenolic OH excluding ortho intramolecular Hbond substituents is 1. The normalized spacial score (nSPS) is 10.8. The molecule has 96 valence electrons. The molecule has 0 spiro atoms. The molecule has 0 aliphatic carbocycles. The number of ether oxygens (including phenoxy) is 2. The first-order chi connectivity index (χ1) is 8.58. The fraction of sp³-hybridized carbons (Fsp3) is 0.308. The van der Waals surface area contributed by atoms with Crippen LogP contribution in [0.1, 0.15) is 11.3 Å². The minimum absolute atomic E-state index is 0.147. The second kappa shape index (κ2) is 4.70. The summed E-state index contributed by atoms with van der Waals surface area (Å²) in [5, 5.41) is 10.3. The van der Waals surface area contributed by atoms with Crippen LogP contribution in [0.15, 0.2) is 21.3 Å². The van der Waals surface area contributed by atoms with Gasteiger partial charge in [-0.05, 0) is 6.92 Å². The molecule has 1 N–H and O–H groups in total. The lowest BCUT2D eigenvalue weighted by molar-refractivity contribution is 0.179. The highest BCUT2D eigenvalue weighted by Gasteiger charge is 2.17. The van der Waals surface area contributed by atoms with E-state index in [2.05, 4.69) is 0 Å². The van der Waals surface area contributed by atoms with Crippen LogP contribution in [0, 0.1) is 6.92 Å². The second-order valence-corrected chi connectivity index (χ2v) is 3.93. The zero-order chi connectivity index (χ0) is 13.3. The van der Waals surface area contributed by atoms with Gasteiger partial charge in [-0.3, -0.25) is 4.79 Å². The molecule has 0 saturated heterocycles. The fourth-order valence-corrected chi connectivity index (χ4v) is 1.91. The molecule has 0 amide bonds. The van der Waals surface area contributed by atoms with Crippen LogP contribution in [0.25, 0.3) is 11.0 Å². The van der Waals surface area contributed by atoms with E-state index in [0.29, 0.717) is 22.7 Å². The van der Waals surface area contributed by atoms with Gasteiger partial charge in [-0.25, -0.2) is 0 Å². The van der Waals surface area contributed by atoms with Crippen LogP contribution in [0.2, 0.25) is 0 Å². The molecule has 1 heterocycles. The Kier molecular flexibility index (Phi) is 3.25. The van der Waals surface area contributed by atoms with Gasteiger partial charge in [0, 0.05) is 19.2 Å². The van der Waals surface area contributed by atoms with Crippen molar-refractivity contribution in [2.75, 3.05) is 14.2 Å². The van der Waals surface area contributed by atoms with Gasteiger partial charge in [0.05, 0.1) is 19.3 Å². The third-order valence-corrected chi connectivity index (χ3v) is 2.69. The smallest absolute Gasteiger partial charge is 0.196 e. The molecule has 0 aliphatic rings. The maximum Gasteiger partial charge on any atom is 0.196 e. The molecule has 0 aliphatic heterocycles. The molecule has 1 aromatic carbocycles. The van der Waals surface area contributed by atoms with E-state index in [4.69, 9.17) is 13.9 Å². The molecular weight excluding hydrogens is 236 g/mol. The average Bonchev–Trinajstić information content (AvgIpc) is 2.31. The molecule has 0 saturated carbocycles. The maximum atomic E-state index is 11.9. The molecule has 1 aromatic heterocycles. The number of methoxy groups -OCH3 is 2. The highest BCUT2D eigenvalue weighted by Crippen LogP contribution is 2.35. The van der Waals surface area contributed by atoms with Gasteiger partial charge >= 0.3 is 0 Å². The topological polar surface area (TPSA) is 68.9 Å². The molecule has 5 heteroatoms. The minimum Gasteiger partial charge on any atom is -0.507 e. The lowest BCUT2D eigenvalue weighted by Gasteiger charge is -2.11. The summed E-state index contributed by atoms with van der Waals surface area (Å²) >= 11 is 0. The molecule has 0 unspecified atom stereocenters. The first-order valence-corrected chi connectivity index (χ1v) is 5.40. The zero-order valence-electron chi connectivity index (χ0n) is 10.4. The molecule has 18 heavy (non-hydrogen) atoms. The van der Waals surface area contributed by atoms with Gasteiger partial charge in [0.1, 0.15) is 28.2 Å². The SMILES string of the molecule is COCc1c(OC)cc2oc(C)cc(=O)c2c1O. The molecule has 0 fully saturated rings. The van der Waals surface area contributed by atoms with Crippen LogP contribution < -0.4 is 10.2 Å². The van der Waals surface area contributed by atoms with Gasteiger partial charge in [-0.1, -0.05) is 0 Å². The number of hydrogen-bond acceptors (Lipinski definition) is 5. The molecular formula is C13H14O5. The summed E-state index contributed by atoms with van der Waals surface area (Å²) in [6.07, 6.45) is 0. The summed E-state index contributed by atoms with van der Waals surface area (Å²) in [7, 11) is 2.98. The molecule has 0 radical (unpaired) electrons. The monoisotopic (exact) mass is 250 g/mol. The Labute approximate surface area is 104 Å². The van der Waals surface area contributed by atoms with E-state index in [1.807, 2.05) is 0 Å². The van der Waals surface area contributed by atoms with Gasteiger partial charge in [0.25, 0.3) is 0 Å². The summed E-state index contributed by atoms with van der Waals surface area (Å²) in [6, 6.07) is 2.92. The van der Waals surface area contributed by atoms with Crippen molar-refractivity contribution in [3.63, 3.8) is 0 Å². The summed E-state index contributed by atoms with van der Waals surface area (Å²) in [5.41, 5.74) is 0.448. The van der Waals surface area contributed by atoms with Crippen molar-refractivity contribution in [3.8, 4) is 11.5 Å². The van der Waals surface area contributed by atoms with Crippen molar-refractivity contribution in [3.05, 3.63) is 33.7 Å². The Hall–Kier alpha value is -2.01. The maximum absolute atomic E-state index is 11.9. The van der Waals surface area contributed by atoms with Crippen LogP contribution in [0.5, 0.6) is 11.5 Å². The Balaban J connectivity index is 2.87. The second-order valence-electron chi connectivity index (χ2n) is 3.93. The van der Waals surface area contributed by atoms with Crippen molar-refractivity contribution < 1.29 is 19.0 Å². The molecule has 2 aromatic rings. The summed E-state index contributed by atoms with van der Waals surface area (Å²) < 4.78 is 15.6. The third kappa shape index (κ3) is 1.93. The predicted octanol–water partition coefficient (Wildman–Crippen LogP) is 1.96. The first-order valence-electron chi connectivity index (χ1n) is 5.40. The van der Waals surface area contributed by atoms with E-state index in [-0.39, 0.29) is 23.2 Å². The Morgan fingerprint density at radius 3 is 2.67 bits per heavy atom. The Morgan fingerprint density at radius 2 is 2.06 bits per heavy atom. The van der Waals surface area contributed by atoms with E-state index in [9.17, 15) is 9.90 Å². The van der Waals surface area contributed by atoms with Crippen LogP contribution in [-0.2, 0) is 11.3 Å². The minimum atomic E-state index is -0.286. The molecule has 2 rings (SSSR count). The van der Waals surface area contributed by atoms with Crippen LogP contribution in [0.3, 0.4) is 0 Å². The average molecular weight is 250 g/mol. The van der Waals surface area contributed by atoms with Gasteiger partial charge in [0.2, 0.25) is 0 Å². The lowest BCUT2D eigenvalue weighted by Crippen LogP contribution is -2.04. The van der Waals surface area contributed by atoms with Crippen molar-refractivity contribution >= 4 is 11.0 Å². The molecule has 0 atom stereocenters. The van der Waals surface area contributed by atoms with Gasteiger partial charge in [-0.2, -0.15) is 0 Å². The summed E-state index contributed by atoms with van der Waals surface area (Å²) in [5.74, 6) is 0.754. The third-order valence-electron chi connectivity index (χ3n) is 2.69. The summed E-state index contributed by atoms with van der Waals surface area (Å²) in [6.45, 7) is 1.83. The number of aromatic hydroxyl groups is 1. The number of benzene rings is 1. The zero-order valence-corrected chi connectivity index (χ0v) is 10.4. The molecule has 5 nitrogen and oxygen atoms in total. The molecule has 0 bridgehead atoms. The highest BCUT2D eigenvalue weighted by molar-refractivity contribution is 5.86. The number of phenols is 1. The largest absolute Gasteiger partial charge is 0.507 e. The number of rotatable bonds is 3. The predicted molar refractivity (Wildman–Crippen MR) is 66.2 cm³/mol. The van der Waals surface area contributed by atoms with Gasteiger partial charge in [0.15, 0.2) is 5.43 Å².